The van der Waals surface area contributed by atoms with E-state index in [0.29, 0.717) is 18.9 Å². The van der Waals surface area contributed by atoms with Crippen LogP contribution in [0, 0.1) is 5.92 Å². The Labute approximate surface area is 102 Å². The lowest BCUT2D eigenvalue weighted by molar-refractivity contribution is -0.121. The minimum Gasteiger partial charge on any atom is -0.349 e. The normalized spacial score (nSPS) is 23.5. The Morgan fingerprint density at radius 3 is 2.76 bits per heavy atom. The second-order valence-corrected chi connectivity index (χ2v) is 6.48. The van der Waals surface area contributed by atoms with E-state index in [9.17, 15) is 13.2 Å². The molecule has 0 saturated heterocycles. The lowest BCUT2D eigenvalue weighted by atomic mass is 10.0. The van der Waals surface area contributed by atoms with E-state index in [4.69, 9.17) is 5.73 Å². The van der Waals surface area contributed by atoms with E-state index in [1.54, 1.807) is 0 Å². The third-order valence-corrected chi connectivity index (χ3v) is 4.20. The second kappa shape index (κ2) is 6.16. The number of carbonyl (C=O) groups is 1. The molecule has 17 heavy (non-hydrogen) atoms. The van der Waals surface area contributed by atoms with Gasteiger partial charge in [0.05, 0.1) is 11.8 Å². The van der Waals surface area contributed by atoms with Crippen molar-refractivity contribution < 1.29 is 13.2 Å². The summed E-state index contributed by atoms with van der Waals surface area (Å²) in [6, 6.07) is -0.364. The summed E-state index contributed by atoms with van der Waals surface area (Å²) in [7, 11) is -3.09. The topological polar surface area (TPSA) is 89.3 Å². The summed E-state index contributed by atoms with van der Waals surface area (Å²) >= 11 is 0. The van der Waals surface area contributed by atoms with Crippen LogP contribution in [0.1, 0.15) is 26.2 Å². The molecule has 98 valence electrons. The van der Waals surface area contributed by atoms with Crippen LogP contribution in [0.4, 0.5) is 0 Å². The van der Waals surface area contributed by atoms with Crippen LogP contribution >= 0.6 is 0 Å². The van der Waals surface area contributed by atoms with Crippen molar-refractivity contribution >= 4 is 15.7 Å². The predicted octanol–water partition coefficient (Wildman–Crippen LogP) is 0.178. The first kappa shape index (κ1) is 14.2. The third-order valence-electron chi connectivity index (χ3n) is 2.80. The molecule has 0 saturated carbocycles. The van der Waals surface area contributed by atoms with Crippen molar-refractivity contribution in [3.63, 3.8) is 0 Å². The first-order valence-electron chi connectivity index (χ1n) is 5.83. The molecule has 3 N–H and O–H groups in total. The number of rotatable bonds is 6. The standard InChI is InChI=1S/C11H20N2O3S/c1-9(4-6-12)2-3-11(14)13-10-5-7-17(15,16)8-10/h5,7,9-10H,2-4,6,8,12H2,1H3,(H,13,14). The van der Waals surface area contributed by atoms with Gasteiger partial charge in [-0.3, -0.25) is 4.79 Å². The van der Waals surface area contributed by atoms with Crippen molar-refractivity contribution in [3.8, 4) is 0 Å². The second-order valence-electron chi connectivity index (χ2n) is 4.55. The molecule has 0 aliphatic carbocycles. The number of nitrogens with two attached hydrogens (primary N) is 1. The Hall–Kier alpha value is -0.880. The van der Waals surface area contributed by atoms with E-state index in [0.717, 1.165) is 18.2 Å². The van der Waals surface area contributed by atoms with Crippen molar-refractivity contribution in [2.75, 3.05) is 12.3 Å². The summed E-state index contributed by atoms with van der Waals surface area (Å²) in [5.74, 6) is 0.311. The fraction of sp³-hybridized carbons (Fsp3) is 0.727. The first-order chi connectivity index (χ1) is 7.93. The SMILES string of the molecule is CC(CCN)CCC(=O)NC1C=CS(=O)(=O)C1. The maximum Gasteiger partial charge on any atom is 0.220 e. The Bertz CT molecular complexity index is 390. The molecule has 1 aliphatic rings. The van der Waals surface area contributed by atoms with Crippen LogP contribution in [0.15, 0.2) is 11.5 Å². The van der Waals surface area contributed by atoms with Gasteiger partial charge in [-0.1, -0.05) is 6.92 Å². The Kier molecular flexibility index (Phi) is 5.14. The molecule has 6 heteroatoms. The molecule has 0 aromatic heterocycles. The van der Waals surface area contributed by atoms with Gasteiger partial charge in [0.25, 0.3) is 0 Å². The van der Waals surface area contributed by atoms with Crippen molar-refractivity contribution in [2.24, 2.45) is 11.7 Å². The molecule has 2 unspecified atom stereocenters. The minimum atomic E-state index is -3.09. The van der Waals surface area contributed by atoms with Crippen LogP contribution in [0.25, 0.3) is 0 Å². The molecular formula is C11H20N2O3S. The maximum absolute atomic E-state index is 11.5. The van der Waals surface area contributed by atoms with Crippen LogP contribution in [0.2, 0.25) is 0 Å². The Morgan fingerprint density at radius 1 is 1.53 bits per heavy atom. The van der Waals surface area contributed by atoms with Gasteiger partial charge in [-0.2, -0.15) is 0 Å². The number of carbonyl (C=O) groups excluding carboxylic acids is 1. The van der Waals surface area contributed by atoms with Crippen molar-refractivity contribution in [1.29, 1.82) is 0 Å². The van der Waals surface area contributed by atoms with Crippen molar-refractivity contribution in [3.05, 3.63) is 11.5 Å². The molecule has 0 spiro atoms. The zero-order valence-electron chi connectivity index (χ0n) is 10.1. The van der Waals surface area contributed by atoms with Gasteiger partial charge >= 0.3 is 0 Å². The third kappa shape index (κ3) is 5.32. The molecule has 0 radical (unpaired) electrons. The van der Waals surface area contributed by atoms with Crippen molar-refractivity contribution in [1.82, 2.24) is 5.32 Å². The number of nitrogens with one attached hydrogen (secondary N) is 1. The van der Waals surface area contributed by atoms with E-state index in [1.165, 1.54) is 6.08 Å². The molecule has 1 amide bonds. The van der Waals surface area contributed by atoms with E-state index in [-0.39, 0.29) is 17.7 Å². The molecule has 1 rings (SSSR count). The first-order valence-corrected chi connectivity index (χ1v) is 7.55. The van der Waals surface area contributed by atoms with Crippen LogP contribution in [0.3, 0.4) is 0 Å². The Morgan fingerprint density at radius 2 is 2.24 bits per heavy atom. The van der Waals surface area contributed by atoms with Gasteiger partial charge in [0.1, 0.15) is 0 Å². The number of hydrogen-bond donors (Lipinski definition) is 2. The molecule has 0 bridgehead atoms. The molecule has 0 aromatic rings. The van der Waals surface area contributed by atoms with Gasteiger partial charge in [0.2, 0.25) is 5.91 Å². The van der Waals surface area contributed by atoms with Crippen LogP contribution < -0.4 is 11.1 Å². The summed E-state index contributed by atoms with van der Waals surface area (Å²) in [6.45, 7) is 2.69. The molecule has 5 nitrogen and oxygen atoms in total. The zero-order chi connectivity index (χ0) is 12.9. The summed E-state index contributed by atoms with van der Waals surface area (Å²) in [5.41, 5.74) is 5.42. The van der Waals surface area contributed by atoms with E-state index in [2.05, 4.69) is 12.2 Å². The fourth-order valence-corrected chi connectivity index (χ4v) is 2.99. The van der Waals surface area contributed by atoms with Gasteiger partial charge in [-0.25, -0.2) is 8.42 Å². The van der Waals surface area contributed by atoms with Crippen LogP contribution in [-0.2, 0) is 14.6 Å². The maximum atomic E-state index is 11.5. The highest BCUT2D eigenvalue weighted by Crippen LogP contribution is 2.11. The molecule has 2 atom stereocenters. The summed E-state index contributed by atoms with van der Waals surface area (Å²) in [5, 5.41) is 3.86. The van der Waals surface area contributed by atoms with E-state index < -0.39 is 9.84 Å². The molecule has 1 aliphatic heterocycles. The predicted molar refractivity (Wildman–Crippen MR) is 66.9 cm³/mol. The smallest absolute Gasteiger partial charge is 0.220 e. The monoisotopic (exact) mass is 260 g/mol. The Balaban J connectivity index is 2.25. The van der Waals surface area contributed by atoms with Crippen LogP contribution in [-0.4, -0.2) is 32.7 Å². The van der Waals surface area contributed by atoms with Gasteiger partial charge in [-0.15, -0.1) is 0 Å². The molecular weight excluding hydrogens is 240 g/mol. The number of sulfone groups is 1. The number of hydrogen-bond acceptors (Lipinski definition) is 4. The summed E-state index contributed by atoms with van der Waals surface area (Å²) in [4.78, 5) is 11.5. The molecule has 0 aromatic carbocycles. The lowest BCUT2D eigenvalue weighted by Gasteiger charge is -2.12. The van der Waals surface area contributed by atoms with Crippen LogP contribution in [0.5, 0.6) is 0 Å². The van der Waals surface area contributed by atoms with Gasteiger partial charge < -0.3 is 11.1 Å². The highest BCUT2D eigenvalue weighted by Gasteiger charge is 2.22. The molecule has 0 fully saturated rings. The zero-order valence-corrected chi connectivity index (χ0v) is 10.9. The highest BCUT2D eigenvalue weighted by molar-refractivity contribution is 7.94. The minimum absolute atomic E-state index is 0.0168. The largest absolute Gasteiger partial charge is 0.349 e. The van der Waals surface area contributed by atoms with Crippen molar-refractivity contribution in [2.45, 2.75) is 32.2 Å². The van der Waals surface area contributed by atoms with E-state index >= 15 is 0 Å². The average Bonchev–Trinajstić information content (AvgIpc) is 2.55. The molecule has 1 heterocycles. The highest BCUT2D eigenvalue weighted by atomic mass is 32.2. The number of amides is 1. The summed E-state index contributed by atoms with van der Waals surface area (Å²) in [6.07, 6.45) is 3.64. The fourth-order valence-electron chi connectivity index (χ4n) is 1.75. The lowest BCUT2D eigenvalue weighted by Crippen LogP contribution is -2.35. The van der Waals surface area contributed by atoms with Gasteiger partial charge in [0, 0.05) is 11.8 Å². The van der Waals surface area contributed by atoms with Gasteiger partial charge in [0.15, 0.2) is 9.84 Å². The van der Waals surface area contributed by atoms with Gasteiger partial charge in [-0.05, 0) is 31.4 Å². The quantitative estimate of drug-likeness (QED) is 0.713. The summed E-state index contributed by atoms with van der Waals surface area (Å²) < 4.78 is 22.2. The average molecular weight is 260 g/mol. The van der Waals surface area contributed by atoms with E-state index in [1.807, 2.05) is 0 Å².